The highest BCUT2D eigenvalue weighted by atomic mass is 19.1. The van der Waals surface area contributed by atoms with E-state index in [2.05, 4.69) is 20.7 Å². The molecule has 1 atom stereocenters. The lowest BCUT2D eigenvalue weighted by Gasteiger charge is -2.20. The Hall–Kier alpha value is -3.77. The third-order valence-electron chi connectivity index (χ3n) is 5.09. The number of carbonyl (C=O) groups excluding carboxylic acids is 1. The molecule has 0 fully saturated rings. The van der Waals surface area contributed by atoms with Crippen molar-refractivity contribution in [1.82, 2.24) is 20.1 Å². The van der Waals surface area contributed by atoms with E-state index in [0.29, 0.717) is 35.6 Å². The Morgan fingerprint density at radius 2 is 2.10 bits per heavy atom. The van der Waals surface area contributed by atoms with Crippen LogP contribution >= 0.6 is 0 Å². The Bertz CT molecular complexity index is 1210. The number of hydrogen-bond donors (Lipinski definition) is 3. The van der Waals surface area contributed by atoms with E-state index in [0.717, 1.165) is 5.82 Å². The molecule has 8 nitrogen and oxygen atoms in total. The molecule has 2 aromatic heterocycles. The van der Waals surface area contributed by atoms with Gasteiger partial charge >= 0.3 is 0 Å². The van der Waals surface area contributed by atoms with Gasteiger partial charge in [-0.2, -0.15) is 10.4 Å². The van der Waals surface area contributed by atoms with Gasteiger partial charge in [-0.25, -0.2) is 14.1 Å². The molecule has 0 bridgehead atoms. The van der Waals surface area contributed by atoms with Crippen molar-refractivity contribution in [1.29, 1.82) is 5.26 Å². The summed E-state index contributed by atoms with van der Waals surface area (Å²) in [6, 6.07) is 9.63. The zero-order valence-corrected chi connectivity index (χ0v) is 15.1. The van der Waals surface area contributed by atoms with Crippen molar-refractivity contribution in [2.45, 2.75) is 19.2 Å². The van der Waals surface area contributed by atoms with E-state index in [1.807, 2.05) is 6.07 Å². The van der Waals surface area contributed by atoms with Gasteiger partial charge in [-0.3, -0.25) is 4.79 Å². The van der Waals surface area contributed by atoms with Crippen LogP contribution in [0.15, 0.2) is 30.3 Å². The fourth-order valence-corrected chi connectivity index (χ4v) is 3.76. The first-order chi connectivity index (χ1) is 14.0. The second kappa shape index (κ2) is 6.39. The maximum absolute atomic E-state index is 14.6. The molecule has 2 aliphatic rings. The van der Waals surface area contributed by atoms with Gasteiger partial charge < -0.3 is 15.7 Å². The Balaban J connectivity index is 1.73. The number of aliphatic hydroxyl groups is 1. The van der Waals surface area contributed by atoms with Gasteiger partial charge in [0.2, 0.25) is 0 Å². The van der Waals surface area contributed by atoms with Crippen molar-refractivity contribution in [3.8, 4) is 28.6 Å². The Morgan fingerprint density at radius 1 is 1.24 bits per heavy atom. The van der Waals surface area contributed by atoms with Gasteiger partial charge in [-0.05, 0) is 18.2 Å². The number of anilines is 1. The maximum atomic E-state index is 14.6. The van der Waals surface area contributed by atoms with Crippen LogP contribution in [0.2, 0.25) is 0 Å². The van der Waals surface area contributed by atoms with Gasteiger partial charge in [0.05, 0.1) is 59.0 Å². The van der Waals surface area contributed by atoms with Gasteiger partial charge in [-0.1, -0.05) is 6.07 Å². The number of aromatic nitrogens is 3. The minimum absolute atomic E-state index is 0.0934. The zero-order valence-electron chi connectivity index (χ0n) is 15.1. The number of nitriles is 1. The number of hydrogen-bond acceptors (Lipinski definition) is 6. The molecular weight excluding hydrogens is 375 g/mol. The van der Waals surface area contributed by atoms with Crippen LogP contribution in [0, 0.1) is 17.1 Å². The van der Waals surface area contributed by atoms with Gasteiger partial charge in [0.1, 0.15) is 11.6 Å². The van der Waals surface area contributed by atoms with E-state index in [1.54, 1.807) is 16.8 Å². The number of benzene rings is 1. The van der Waals surface area contributed by atoms with Gasteiger partial charge in [0.15, 0.2) is 0 Å². The van der Waals surface area contributed by atoms with E-state index in [-0.39, 0.29) is 29.3 Å². The van der Waals surface area contributed by atoms with E-state index < -0.39 is 11.9 Å². The average Bonchev–Trinajstić information content (AvgIpc) is 3.30. The Labute approximate surface area is 164 Å². The number of β-amino-alcohol motifs (C(OH)–C–C–N with tert-alkyl or cyclic N) is 1. The molecule has 144 valence electrons. The van der Waals surface area contributed by atoms with Crippen molar-refractivity contribution in [2.75, 3.05) is 11.9 Å². The molecule has 0 aliphatic carbocycles. The lowest BCUT2D eigenvalue weighted by molar-refractivity contribution is 0.0966. The molecule has 2 aliphatic heterocycles. The molecule has 3 aromatic rings. The second-order valence-corrected chi connectivity index (χ2v) is 6.97. The third kappa shape index (κ3) is 2.73. The number of pyridine rings is 1. The summed E-state index contributed by atoms with van der Waals surface area (Å²) in [6.07, 6.45) is -0.561. The summed E-state index contributed by atoms with van der Waals surface area (Å²) in [5.74, 6) is -0.116. The van der Waals surface area contributed by atoms with Gasteiger partial charge in [-0.15, -0.1) is 0 Å². The number of halogens is 1. The SMILES string of the molecule is N#Cc1cccc(F)c1-c1cc(-c2cc3n(n2)CC(O)CN3)c2c(n1)CNC2=O. The first-order valence-corrected chi connectivity index (χ1v) is 9.06. The predicted molar refractivity (Wildman–Crippen MR) is 101 cm³/mol. The van der Waals surface area contributed by atoms with E-state index in [9.17, 15) is 19.6 Å². The molecule has 1 unspecified atom stereocenters. The molecule has 0 radical (unpaired) electrons. The molecule has 1 aromatic carbocycles. The Morgan fingerprint density at radius 3 is 2.93 bits per heavy atom. The van der Waals surface area contributed by atoms with Crippen molar-refractivity contribution >= 4 is 11.7 Å². The number of nitrogens with one attached hydrogen (secondary N) is 2. The van der Waals surface area contributed by atoms with Crippen molar-refractivity contribution in [2.24, 2.45) is 0 Å². The molecule has 29 heavy (non-hydrogen) atoms. The largest absolute Gasteiger partial charge is 0.389 e. The zero-order chi connectivity index (χ0) is 20.1. The predicted octanol–water partition coefficient (Wildman–Crippen LogP) is 1.65. The summed E-state index contributed by atoms with van der Waals surface area (Å²) in [5.41, 5.74) is 2.40. The van der Waals surface area contributed by atoms with Crippen LogP contribution in [0.4, 0.5) is 10.2 Å². The summed E-state index contributed by atoms with van der Waals surface area (Å²) < 4.78 is 16.2. The number of rotatable bonds is 2. The summed E-state index contributed by atoms with van der Waals surface area (Å²) in [6.45, 7) is 0.961. The number of nitrogens with zero attached hydrogens (tertiary/aromatic N) is 4. The highest BCUT2D eigenvalue weighted by Crippen LogP contribution is 2.35. The smallest absolute Gasteiger partial charge is 0.254 e. The van der Waals surface area contributed by atoms with Crippen LogP contribution in [0.25, 0.3) is 22.5 Å². The van der Waals surface area contributed by atoms with Gasteiger partial charge in [0, 0.05) is 18.2 Å². The summed E-state index contributed by atoms with van der Waals surface area (Å²) in [4.78, 5) is 16.9. The van der Waals surface area contributed by atoms with Crippen molar-refractivity contribution in [3.63, 3.8) is 0 Å². The second-order valence-electron chi connectivity index (χ2n) is 6.97. The highest BCUT2D eigenvalue weighted by molar-refractivity contribution is 6.04. The average molecular weight is 390 g/mol. The third-order valence-corrected chi connectivity index (χ3v) is 5.09. The quantitative estimate of drug-likeness (QED) is 0.613. The van der Waals surface area contributed by atoms with Crippen LogP contribution in [-0.4, -0.2) is 38.4 Å². The van der Waals surface area contributed by atoms with Crippen LogP contribution in [-0.2, 0) is 13.1 Å². The van der Waals surface area contributed by atoms with Crippen LogP contribution in [0.1, 0.15) is 21.6 Å². The van der Waals surface area contributed by atoms with Crippen molar-refractivity contribution < 1.29 is 14.3 Å². The fraction of sp³-hybridized carbons (Fsp3) is 0.200. The minimum Gasteiger partial charge on any atom is -0.389 e. The molecule has 9 heteroatoms. The standard InChI is InChI=1S/C20H15FN6O2/c21-13-3-1-2-10(6-22)18(13)15-4-12(19-16(25-15)8-24-20(19)29)14-5-17-23-7-11(28)9-27(17)26-14/h1-5,11,23,28H,7-9H2,(H,24,29). The summed E-state index contributed by atoms with van der Waals surface area (Å²) in [5, 5.41) is 29.6. The molecule has 0 saturated carbocycles. The fourth-order valence-electron chi connectivity index (χ4n) is 3.76. The lowest BCUT2D eigenvalue weighted by Crippen LogP contribution is -2.31. The molecule has 5 rings (SSSR count). The van der Waals surface area contributed by atoms with Crippen LogP contribution < -0.4 is 10.6 Å². The first kappa shape index (κ1) is 17.3. The Kier molecular flexibility index (Phi) is 3.82. The molecule has 0 spiro atoms. The molecule has 3 N–H and O–H groups in total. The van der Waals surface area contributed by atoms with E-state index in [1.165, 1.54) is 18.2 Å². The molecule has 0 saturated heterocycles. The first-order valence-electron chi connectivity index (χ1n) is 9.06. The monoisotopic (exact) mass is 390 g/mol. The number of amides is 1. The van der Waals surface area contributed by atoms with E-state index >= 15 is 0 Å². The number of fused-ring (bicyclic) bond motifs is 2. The number of aliphatic hydroxyl groups excluding tert-OH is 1. The van der Waals surface area contributed by atoms with Crippen LogP contribution in [0.3, 0.4) is 0 Å². The van der Waals surface area contributed by atoms with E-state index in [4.69, 9.17) is 0 Å². The van der Waals surface area contributed by atoms with Crippen molar-refractivity contribution in [3.05, 3.63) is 53.0 Å². The maximum Gasteiger partial charge on any atom is 0.254 e. The minimum atomic E-state index is -0.561. The summed E-state index contributed by atoms with van der Waals surface area (Å²) in [7, 11) is 0. The lowest BCUT2D eigenvalue weighted by atomic mass is 9.98. The van der Waals surface area contributed by atoms with Crippen LogP contribution in [0.5, 0.6) is 0 Å². The topological polar surface area (TPSA) is 116 Å². The highest BCUT2D eigenvalue weighted by Gasteiger charge is 2.29. The molecule has 4 heterocycles. The molecule has 1 amide bonds. The number of carbonyl (C=O) groups is 1. The molecular formula is C20H15FN6O2. The van der Waals surface area contributed by atoms with Gasteiger partial charge in [0.25, 0.3) is 5.91 Å². The normalized spacial score (nSPS) is 17.1. The summed E-state index contributed by atoms with van der Waals surface area (Å²) >= 11 is 0.